The van der Waals surface area contributed by atoms with Crippen molar-refractivity contribution in [1.29, 1.82) is 0 Å². The highest BCUT2D eigenvalue weighted by Gasteiger charge is 2.18. The standard InChI is InChI=1S/C23H18N4O3/c1-30-20-13-16(11-12-19(20)28)21-24-25-23-26(14-15-7-3-2-4-8-15)22(29)17-9-5-6-10-18(17)27(21)23/h2-13,28H,14H2,1H3. The molecule has 148 valence electrons. The summed E-state index contributed by atoms with van der Waals surface area (Å²) < 4.78 is 8.74. The molecule has 0 radical (unpaired) electrons. The van der Waals surface area contributed by atoms with Gasteiger partial charge in [-0.3, -0.25) is 13.8 Å². The van der Waals surface area contributed by atoms with Gasteiger partial charge in [0.1, 0.15) is 0 Å². The SMILES string of the molecule is COc1cc(-c2nnc3n(Cc4ccccc4)c(=O)c4ccccc4n23)ccc1O. The third kappa shape index (κ3) is 2.79. The number of aromatic nitrogens is 4. The van der Waals surface area contributed by atoms with Gasteiger partial charge in [0.15, 0.2) is 17.3 Å². The Balaban J connectivity index is 1.82. The number of fused-ring (bicyclic) bond motifs is 3. The Kier molecular flexibility index (Phi) is 4.21. The van der Waals surface area contributed by atoms with Crippen molar-refractivity contribution < 1.29 is 9.84 Å². The average molecular weight is 398 g/mol. The molecule has 0 saturated heterocycles. The Bertz CT molecular complexity index is 1440. The van der Waals surface area contributed by atoms with Crippen LogP contribution in [-0.4, -0.2) is 31.4 Å². The average Bonchev–Trinajstić information content (AvgIpc) is 3.23. The second-order valence-electron chi connectivity index (χ2n) is 6.94. The normalized spacial score (nSPS) is 11.2. The van der Waals surface area contributed by atoms with Gasteiger partial charge in [-0.15, -0.1) is 10.2 Å². The number of benzene rings is 3. The summed E-state index contributed by atoms with van der Waals surface area (Å²) in [6.07, 6.45) is 0. The summed E-state index contributed by atoms with van der Waals surface area (Å²) in [5.74, 6) is 1.39. The molecular weight excluding hydrogens is 380 g/mol. The van der Waals surface area contributed by atoms with E-state index in [0.29, 0.717) is 40.4 Å². The summed E-state index contributed by atoms with van der Waals surface area (Å²) in [6.45, 7) is 0.380. The third-order valence-corrected chi connectivity index (χ3v) is 5.13. The number of aromatic hydroxyl groups is 1. The number of phenolic OH excluding ortho intramolecular Hbond substituents is 1. The van der Waals surface area contributed by atoms with Crippen LogP contribution in [0.1, 0.15) is 5.56 Å². The van der Waals surface area contributed by atoms with Crippen LogP contribution in [0.3, 0.4) is 0 Å². The maximum Gasteiger partial charge on any atom is 0.263 e. The van der Waals surface area contributed by atoms with Crippen molar-refractivity contribution in [3.63, 3.8) is 0 Å². The predicted molar refractivity (Wildman–Crippen MR) is 114 cm³/mol. The quantitative estimate of drug-likeness (QED) is 0.501. The van der Waals surface area contributed by atoms with Crippen LogP contribution in [-0.2, 0) is 6.54 Å². The summed E-state index contributed by atoms with van der Waals surface area (Å²) in [7, 11) is 1.49. The van der Waals surface area contributed by atoms with Crippen molar-refractivity contribution >= 4 is 16.7 Å². The molecule has 2 heterocycles. The minimum atomic E-state index is -0.121. The van der Waals surface area contributed by atoms with E-state index >= 15 is 0 Å². The number of para-hydroxylation sites is 1. The Labute approximate surface area is 171 Å². The number of phenols is 1. The lowest BCUT2D eigenvalue weighted by molar-refractivity contribution is 0.373. The maximum absolute atomic E-state index is 13.3. The molecule has 2 aromatic heterocycles. The molecule has 1 N–H and O–H groups in total. The minimum absolute atomic E-state index is 0.0425. The van der Waals surface area contributed by atoms with Crippen LogP contribution in [0.2, 0.25) is 0 Å². The van der Waals surface area contributed by atoms with Crippen LogP contribution in [0.15, 0.2) is 77.6 Å². The van der Waals surface area contributed by atoms with E-state index in [0.717, 1.165) is 5.56 Å². The first-order valence-electron chi connectivity index (χ1n) is 9.45. The topological polar surface area (TPSA) is 81.7 Å². The van der Waals surface area contributed by atoms with Gasteiger partial charge >= 0.3 is 0 Å². The van der Waals surface area contributed by atoms with Crippen molar-refractivity contribution in [1.82, 2.24) is 19.2 Å². The molecule has 0 spiro atoms. The monoisotopic (exact) mass is 398 g/mol. The highest BCUT2D eigenvalue weighted by atomic mass is 16.5. The van der Waals surface area contributed by atoms with Gasteiger partial charge in [0.2, 0.25) is 5.78 Å². The fourth-order valence-electron chi connectivity index (χ4n) is 3.67. The zero-order chi connectivity index (χ0) is 20.7. The molecule has 0 amide bonds. The van der Waals surface area contributed by atoms with Crippen LogP contribution in [0, 0.1) is 0 Å². The molecule has 0 aliphatic rings. The fourth-order valence-corrected chi connectivity index (χ4v) is 3.67. The van der Waals surface area contributed by atoms with Crippen molar-refractivity contribution in [2.75, 3.05) is 7.11 Å². The molecule has 0 unspecified atom stereocenters. The number of rotatable bonds is 4. The molecule has 5 rings (SSSR count). The molecule has 30 heavy (non-hydrogen) atoms. The van der Waals surface area contributed by atoms with E-state index in [-0.39, 0.29) is 11.3 Å². The Morgan fingerprint density at radius 2 is 1.73 bits per heavy atom. The number of hydrogen-bond acceptors (Lipinski definition) is 5. The van der Waals surface area contributed by atoms with E-state index in [9.17, 15) is 9.90 Å². The first-order chi connectivity index (χ1) is 14.7. The Morgan fingerprint density at radius 3 is 2.53 bits per heavy atom. The number of hydrogen-bond donors (Lipinski definition) is 1. The van der Waals surface area contributed by atoms with Gasteiger partial charge in [-0.1, -0.05) is 42.5 Å². The molecule has 0 saturated carbocycles. The van der Waals surface area contributed by atoms with Crippen molar-refractivity contribution in [2.45, 2.75) is 6.54 Å². The fraction of sp³-hybridized carbons (Fsp3) is 0.0870. The molecule has 5 aromatic rings. The van der Waals surface area contributed by atoms with E-state index in [4.69, 9.17) is 4.74 Å². The summed E-state index contributed by atoms with van der Waals surface area (Å²) in [4.78, 5) is 13.3. The minimum Gasteiger partial charge on any atom is -0.504 e. The summed E-state index contributed by atoms with van der Waals surface area (Å²) in [5.41, 5.74) is 2.30. The zero-order valence-electron chi connectivity index (χ0n) is 16.2. The van der Waals surface area contributed by atoms with Gasteiger partial charge in [0.05, 0.1) is 24.6 Å². The van der Waals surface area contributed by atoms with Crippen LogP contribution >= 0.6 is 0 Å². The van der Waals surface area contributed by atoms with E-state index in [2.05, 4.69) is 10.2 Å². The van der Waals surface area contributed by atoms with Crippen molar-refractivity contribution in [3.05, 3.63) is 88.7 Å². The zero-order valence-corrected chi connectivity index (χ0v) is 16.2. The second kappa shape index (κ2) is 7.04. The molecule has 7 nitrogen and oxygen atoms in total. The van der Waals surface area contributed by atoms with E-state index in [1.807, 2.05) is 52.9 Å². The van der Waals surface area contributed by atoms with E-state index < -0.39 is 0 Å². The van der Waals surface area contributed by atoms with Gasteiger partial charge in [-0.25, -0.2) is 0 Å². The molecule has 7 heteroatoms. The Hall–Kier alpha value is -4.13. The lowest BCUT2D eigenvalue weighted by Crippen LogP contribution is -2.24. The molecule has 0 aliphatic heterocycles. The van der Waals surface area contributed by atoms with Gasteiger partial charge in [0.25, 0.3) is 5.56 Å². The van der Waals surface area contributed by atoms with Gasteiger partial charge in [-0.2, -0.15) is 0 Å². The summed E-state index contributed by atoms with van der Waals surface area (Å²) in [6, 6.07) is 22.2. The van der Waals surface area contributed by atoms with E-state index in [1.54, 1.807) is 28.8 Å². The van der Waals surface area contributed by atoms with Crippen LogP contribution < -0.4 is 10.3 Å². The number of nitrogens with zero attached hydrogens (tertiary/aromatic N) is 4. The lowest BCUT2D eigenvalue weighted by Gasteiger charge is -2.12. The largest absolute Gasteiger partial charge is 0.504 e. The first kappa shape index (κ1) is 17.9. The maximum atomic E-state index is 13.3. The molecule has 0 aliphatic carbocycles. The molecule has 0 fully saturated rings. The lowest BCUT2D eigenvalue weighted by atomic mass is 10.1. The van der Waals surface area contributed by atoms with E-state index in [1.165, 1.54) is 7.11 Å². The summed E-state index contributed by atoms with van der Waals surface area (Å²) in [5, 5.41) is 19.3. The number of methoxy groups -OCH3 is 1. The second-order valence-corrected chi connectivity index (χ2v) is 6.94. The first-order valence-corrected chi connectivity index (χ1v) is 9.45. The van der Waals surface area contributed by atoms with Crippen LogP contribution in [0.4, 0.5) is 0 Å². The van der Waals surface area contributed by atoms with Crippen molar-refractivity contribution in [3.8, 4) is 22.9 Å². The summed E-state index contributed by atoms with van der Waals surface area (Å²) >= 11 is 0. The highest BCUT2D eigenvalue weighted by Crippen LogP contribution is 2.31. The molecule has 0 atom stereocenters. The predicted octanol–water partition coefficient (Wildman–Crippen LogP) is 3.47. The number of ether oxygens (including phenoxy) is 1. The van der Waals surface area contributed by atoms with Gasteiger partial charge in [-0.05, 0) is 35.9 Å². The smallest absolute Gasteiger partial charge is 0.263 e. The highest BCUT2D eigenvalue weighted by molar-refractivity contribution is 5.82. The van der Waals surface area contributed by atoms with Crippen LogP contribution in [0.25, 0.3) is 28.1 Å². The molecule has 3 aromatic carbocycles. The molecular formula is C23H18N4O3. The Morgan fingerprint density at radius 1 is 0.967 bits per heavy atom. The van der Waals surface area contributed by atoms with Gasteiger partial charge < -0.3 is 9.84 Å². The van der Waals surface area contributed by atoms with Crippen LogP contribution in [0.5, 0.6) is 11.5 Å². The van der Waals surface area contributed by atoms with Crippen molar-refractivity contribution in [2.24, 2.45) is 0 Å². The third-order valence-electron chi connectivity index (χ3n) is 5.13. The molecule has 0 bridgehead atoms. The van der Waals surface area contributed by atoms with Gasteiger partial charge in [0, 0.05) is 5.56 Å².